The molecule has 0 heterocycles. The number of hydrogen-bond donors (Lipinski definition) is 1. The number of rotatable bonds is 4. The van der Waals surface area contributed by atoms with Crippen molar-refractivity contribution in [3.05, 3.63) is 68.2 Å². The van der Waals surface area contributed by atoms with E-state index < -0.39 is 0 Å². The van der Waals surface area contributed by atoms with Gasteiger partial charge in [0.15, 0.2) is 0 Å². The van der Waals surface area contributed by atoms with E-state index in [-0.39, 0.29) is 6.04 Å². The summed E-state index contributed by atoms with van der Waals surface area (Å²) in [7, 11) is 0. The van der Waals surface area contributed by atoms with Crippen molar-refractivity contribution < 1.29 is 0 Å². The highest BCUT2D eigenvalue weighted by Crippen LogP contribution is 2.33. The van der Waals surface area contributed by atoms with E-state index in [2.05, 4.69) is 45.1 Å². The summed E-state index contributed by atoms with van der Waals surface area (Å²) in [4.78, 5) is 0. The molecule has 2 aromatic carbocycles. The molecule has 1 nitrogen and oxygen atoms in total. The van der Waals surface area contributed by atoms with Gasteiger partial charge >= 0.3 is 0 Å². The molecule has 2 rings (SSSR count). The van der Waals surface area contributed by atoms with E-state index in [4.69, 9.17) is 23.2 Å². The lowest BCUT2D eigenvalue weighted by Gasteiger charge is -2.23. The van der Waals surface area contributed by atoms with Gasteiger partial charge in [0.05, 0.1) is 6.04 Å². The first-order chi connectivity index (χ1) is 9.95. The van der Waals surface area contributed by atoms with Crippen molar-refractivity contribution in [2.45, 2.75) is 33.7 Å². The molecular weight excluding hydrogens is 301 g/mol. The van der Waals surface area contributed by atoms with Crippen molar-refractivity contribution in [1.82, 2.24) is 5.32 Å². The second kappa shape index (κ2) is 6.83. The zero-order valence-electron chi connectivity index (χ0n) is 12.9. The molecule has 2 aromatic rings. The van der Waals surface area contributed by atoms with E-state index in [1.165, 1.54) is 16.7 Å². The van der Waals surface area contributed by atoms with Crippen LogP contribution in [0.4, 0.5) is 0 Å². The highest BCUT2D eigenvalue weighted by molar-refractivity contribution is 6.32. The van der Waals surface area contributed by atoms with Crippen molar-refractivity contribution in [3.8, 4) is 0 Å². The van der Waals surface area contributed by atoms with Crippen LogP contribution in [0.15, 0.2) is 30.3 Å². The van der Waals surface area contributed by atoms with Gasteiger partial charge in [0, 0.05) is 10.0 Å². The molecule has 3 heteroatoms. The minimum Gasteiger partial charge on any atom is -0.306 e. The zero-order valence-corrected chi connectivity index (χ0v) is 14.4. The molecule has 0 fully saturated rings. The summed E-state index contributed by atoms with van der Waals surface area (Å²) in [5.74, 6) is 0. The van der Waals surface area contributed by atoms with E-state index in [1.807, 2.05) is 18.2 Å². The monoisotopic (exact) mass is 321 g/mol. The molecule has 0 amide bonds. The summed E-state index contributed by atoms with van der Waals surface area (Å²) in [5, 5.41) is 5.11. The Morgan fingerprint density at radius 1 is 0.952 bits per heavy atom. The molecule has 0 saturated carbocycles. The van der Waals surface area contributed by atoms with Crippen LogP contribution in [0.2, 0.25) is 10.0 Å². The number of benzene rings is 2. The molecule has 0 aromatic heterocycles. The van der Waals surface area contributed by atoms with Gasteiger partial charge in [-0.25, -0.2) is 0 Å². The Balaban J connectivity index is 2.59. The van der Waals surface area contributed by atoms with Crippen molar-refractivity contribution in [2.75, 3.05) is 6.54 Å². The van der Waals surface area contributed by atoms with Crippen LogP contribution in [0.25, 0.3) is 0 Å². The zero-order chi connectivity index (χ0) is 15.6. The topological polar surface area (TPSA) is 12.0 Å². The van der Waals surface area contributed by atoms with Crippen LogP contribution in [0.5, 0.6) is 0 Å². The summed E-state index contributed by atoms with van der Waals surface area (Å²) in [5.41, 5.74) is 5.83. The van der Waals surface area contributed by atoms with E-state index in [9.17, 15) is 0 Å². The highest BCUT2D eigenvalue weighted by Gasteiger charge is 2.19. The Bertz CT molecular complexity index is 650. The summed E-state index contributed by atoms with van der Waals surface area (Å²) >= 11 is 12.8. The fourth-order valence-electron chi connectivity index (χ4n) is 2.55. The molecule has 0 aliphatic rings. The Morgan fingerprint density at radius 3 is 2.29 bits per heavy atom. The molecule has 0 aliphatic heterocycles. The van der Waals surface area contributed by atoms with Gasteiger partial charge in [-0.2, -0.15) is 0 Å². The lowest BCUT2D eigenvalue weighted by molar-refractivity contribution is 0.627. The van der Waals surface area contributed by atoms with Crippen molar-refractivity contribution >= 4 is 23.2 Å². The van der Waals surface area contributed by atoms with Gasteiger partial charge in [-0.15, -0.1) is 0 Å². The van der Waals surface area contributed by atoms with Crippen molar-refractivity contribution in [2.24, 2.45) is 0 Å². The molecule has 1 atom stereocenters. The van der Waals surface area contributed by atoms with Crippen LogP contribution in [-0.2, 0) is 0 Å². The largest absolute Gasteiger partial charge is 0.306 e. The van der Waals surface area contributed by atoms with Gasteiger partial charge < -0.3 is 5.32 Å². The number of halogens is 2. The predicted molar refractivity (Wildman–Crippen MR) is 92.6 cm³/mol. The molecule has 0 spiro atoms. The molecule has 1 N–H and O–H groups in total. The van der Waals surface area contributed by atoms with Crippen molar-refractivity contribution in [1.29, 1.82) is 0 Å². The second-order valence-electron chi connectivity index (χ2n) is 5.40. The Labute approximate surface area is 137 Å². The van der Waals surface area contributed by atoms with Crippen LogP contribution in [0.1, 0.15) is 40.8 Å². The summed E-state index contributed by atoms with van der Waals surface area (Å²) in [6, 6.07) is 10.3. The first-order valence-corrected chi connectivity index (χ1v) is 7.96. The molecular formula is C18H21Cl2N. The van der Waals surface area contributed by atoms with Gasteiger partial charge in [-0.3, -0.25) is 0 Å². The number of hydrogen-bond acceptors (Lipinski definition) is 1. The maximum Gasteiger partial charge on any atom is 0.0594 e. The first kappa shape index (κ1) is 16.4. The third kappa shape index (κ3) is 3.42. The van der Waals surface area contributed by atoms with Crippen LogP contribution in [-0.4, -0.2) is 6.54 Å². The summed E-state index contributed by atoms with van der Waals surface area (Å²) < 4.78 is 0. The molecule has 0 aliphatic carbocycles. The number of aryl methyl sites for hydroxylation is 2. The fraction of sp³-hybridized carbons (Fsp3) is 0.333. The fourth-order valence-corrected chi connectivity index (χ4v) is 3.06. The smallest absolute Gasteiger partial charge is 0.0594 e. The molecule has 0 saturated heterocycles. The van der Waals surface area contributed by atoms with Crippen molar-refractivity contribution in [3.63, 3.8) is 0 Å². The van der Waals surface area contributed by atoms with Crippen LogP contribution < -0.4 is 5.32 Å². The SMILES string of the molecule is CCNC(c1cc(C)c(C)cc1Cl)c1cccc(Cl)c1C. The molecule has 112 valence electrons. The van der Waals surface area contributed by atoms with Gasteiger partial charge in [-0.05, 0) is 67.3 Å². The third-order valence-corrected chi connectivity index (χ3v) is 4.69. The predicted octanol–water partition coefficient (Wildman–Crippen LogP) is 5.62. The lowest BCUT2D eigenvalue weighted by Crippen LogP contribution is -2.23. The van der Waals surface area contributed by atoms with E-state index in [0.29, 0.717) is 0 Å². The van der Waals surface area contributed by atoms with Crippen LogP contribution in [0.3, 0.4) is 0 Å². The average molecular weight is 322 g/mol. The summed E-state index contributed by atoms with van der Waals surface area (Å²) in [6.07, 6.45) is 0. The number of nitrogens with one attached hydrogen (secondary N) is 1. The minimum atomic E-state index is 0.0560. The quantitative estimate of drug-likeness (QED) is 0.770. The maximum absolute atomic E-state index is 6.50. The van der Waals surface area contributed by atoms with E-state index in [1.54, 1.807) is 0 Å². The van der Waals surface area contributed by atoms with Crippen LogP contribution in [0, 0.1) is 20.8 Å². The first-order valence-electron chi connectivity index (χ1n) is 7.20. The Kier molecular flexibility index (Phi) is 5.32. The minimum absolute atomic E-state index is 0.0560. The van der Waals surface area contributed by atoms with Gasteiger partial charge in [0.2, 0.25) is 0 Å². The van der Waals surface area contributed by atoms with E-state index in [0.717, 1.165) is 27.7 Å². The maximum atomic E-state index is 6.50. The molecule has 21 heavy (non-hydrogen) atoms. The highest BCUT2D eigenvalue weighted by atomic mass is 35.5. The van der Waals surface area contributed by atoms with Gasteiger partial charge in [-0.1, -0.05) is 48.3 Å². The Morgan fingerprint density at radius 2 is 1.62 bits per heavy atom. The van der Waals surface area contributed by atoms with Crippen LogP contribution >= 0.6 is 23.2 Å². The molecule has 1 unspecified atom stereocenters. The summed E-state index contributed by atoms with van der Waals surface area (Å²) in [6.45, 7) is 9.21. The second-order valence-corrected chi connectivity index (χ2v) is 6.22. The van der Waals surface area contributed by atoms with E-state index >= 15 is 0 Å². The third-order valence-electron chi connectivity index (χ3n) is 3.95. The van der Waals surface area contributed by atoms with Gasteiger partial charge in [0.25, 0.3) is 0 Å². The van der Waals surface area contributed by atoms with Gasteiger partial charge in [0.1, 0.15) is 0 Å². The Hall–Kier alpha value is -1.02. The molecule has 0 radical (unpaired) electrons. The molecule has 0 bridgehead atoms. The lowest BCUT2D eigenvalue weighted by atomic mass is 9.92. The normalized spacial score (nSPS) is 12.5. The standard InChI is InChI=1S/C18H21Cl2N/c1-5-21-18(14-7-6-8-16(19)13(14)4)15-9-11(2)12(3)10-17(15)20/h6-10,18,21H,5H2,1-4H3. The average Bonchev–Trinajstić information content (AvgIpc) is 2.44.